The number of nitrogen functional groups attached to an aromatic ring is 1. The van der Waals surface area contributed by atoms with Crippen LogP contribution in [0.1, 0.15) is 83.1 Å². The minimum atomic E-state index is 0. The fourth-order valence-electron chi connectivity index (χ4n) is 2.74. The van der Waals surface area contributed by atoms with E-state index in [-0.39, 0.29) is 12.4 Å². The number of hydrogen-bond donors (Lipinski definition) is 1. The molecule has 2 heteroatoms. The van der Waals surface area contributed by atoms with Gasteiger partial charge in [0.2, 0.25) is 0 Å². The van der Waals surface area contributed by atoms with E-state index in [0.717, 1.165) is 12.1 Å². The van der Waals surface area contributed by atoms with E-state index in [2.05, 4.69) is 19.1 Å². The average Bonchev–Trinajstić information content (AvgIpc) is 2.46. The Morgan fingerprint density at radius 3 is 1.71 bits per heavy atom. The van der Waals surface area contributed by atoms with Gasteiger partial charge in [0.05, 0.1) is 0 Å². The summed E-state index contributed by atoms with van der Waals surface area (Å²) in [6.45, 7) is 2.28. The smallest absolute Gasteiger partial charge is 0.0346 e. The number of halogens is 1. The Hall–Kier alpha value is -0.690. The van der Waals surface area contributed by atoms with E-state index in [9.17, 15) is 0 Å². The molecule has 0 saturated carbocycles. The van der Waals surface area contributed by atoms with Gasteiger partial charge < -0.3 is 5.73 Å². The highest BCUT2D eigenvalue weighted by molar-refractivity contribution is 5.85. The number of rotatable bonds is 12. The number of aryl methyl sites for hydroxylation is 1. The van der Waals surface area contributed by atoms with Crippen molar-refractivity contribution in [1.82, 2.24) is 0 Å². The third-order valence-corrected chi connectivity index (χ3v) is 4.10. The molecule has 0 saturated heterocycles. The molecular weight excluding hydrogens is 278 g/mol. The molecule has 0 unspecified atom stereocenters. The SMILES string of the molecule is CCCCCCCCCCCCCc1ccccc1N.Cl. The number of unbranched alkanes of at least 4 members (excludes halogenated alkanes) is 10. The van der Waals surface area contributed by atoms with Gasteiger partial charge in [0.25, 0.3) is 0 Å². The van der Waals surface area contributed by atoms with Crippen molar-refractivity contribution in [3.8, 4) is 0 Å². The van der Waals surface area contributed by atoms with Crippen LogP contribution in [0.5, 0.6) is 0 Å². The molecule has 0 bridgehead atoms. The standard InChI is InChI=1S/C19H33N.ClH/c1-2-3-4-5-6-7-8-9-10-11-12-15-18-16-13-14-17-19(18)20;/h13-14,16-17H,2-12,15,20H2,1H3;1H. The molecule has 0 spiro atoms. The van der Waals surface area contributed by atoms with Gasteiger partial charge in [-0.15, -0.1) is 12.4 Å². The summed E-state index contributed by atoms with van der Waals surface area (Å²) in [4.78, 5) is 0. The van der Waals surface area contributed by atoms with Gasteiger partial charge in [0.1, 0.15) is 0 Å². The number of anilines is 1. The monoisotopic (exact) mass is 311 g/mol. The Kier molecular flexibility index (Phi) is 13.8. The van der Waals surface area contributed by atoms with E-state index in [0.29, 0.717) is 0 Å². The van der Waals surface area contributed by atoms with Gasteiger partial charge in [-0.3, -0.25) is 0 Å². The lowest BCUT2D eigenvalue weighted by molar-refractivity contribution is 0.549. The molecule has 0 aliphatic rings. The van der Waals surface area contributed by atoms with Crippen molar-refractivity contribution in [2.75, 3.05) is 5.73 Å². The quantitative estimate of drug-likeness (QED) is 0.344. The topological polar surface area (TPSA) is 26.0 Å². The van der Waals surface area contributed by atoms with E-state index in [4.69, 9.17) is 5.73 Å². The third kappa shape index (κ3) is 10.6. The second-order valence-electron chi connectivity index (χ2n) is 5.98. The molecular formula is C19H34ClN. The molecule has 0 radical (unpaired) electrons. The van der Waals surface area contributed by atoms with Gasteiger partial charge in [-0.05, 0) is 24.5 Å². The number of benzene rings is 1. The van der Waals surface area contributed by atoms with Crippen LogP contribution in [0.4, 0.5) is 5.69 Å². The van der Waals surface area contributed by atoms with Crippen molar-refractivity contribution in [3.63, 3.8) is 0 Å². The van der Waals surface area contributed by atoms with Gasteiger partial charge in [-0.1, -0.05) is 89.3 Å². The first kappa shape index (κ1) is 20.3. The summed E-state index contributed by atoms with van der Waals surface area (Å²) >= 11 is 0. The highest BCUT2D eigenvalue weighted by Gasteiger charge is 1.98. The number of para-hydroxylation sites is 1. The van der Waals surface area contributed by atoms with E-state index >= 15 is 0 Å². The fourth-order valence-corrected chi connectivity index (χ4v) is 2.74. The lowest BCUT2D eigenvalue weighted by Crippen LogP contribution is -1.93. The summed E-state index contributed by atoms with van der Waals surface area (Å²) in [7, 11) is 0. The maximum atomic E-state index is 5.95. The maximum absolute atomic E-state index is 5.95. The molecule has 122 valence electrons. The Labute approximate surface area is 138 Å². The highest BCUT2D eigenvalue weighted by Crippen LogP contribution is 2.16. The molecule has 0 aliphatic carbocycles. The van der Waals surface area contributed by atoms with E-state index in [1.54, 1.807) is 0 Å². The molecule has 1 rings (SSSR count). The second kappa shape index (κ2) is 14.3. The van der Waals surface area contributed by atoms with Crippen LogP contribution in [0, 0.1) is 0 Å². The second-order valence-corrected chi connectivity index (χ2v) is 5.98. The van der Waals surface area contributed by atoms with Gasteiger partial charge in [0.15, 0.2) is 0 Å². The Morgan fingerprint density at radius 2 is 1.19 bits per heavy atom. The van der Waals surface area contributed by atoms with Crippen molar-refractivity contribution >= 4 is 18.1 Å². The first-order valence-corrected chi connectivity index (χ1v) is 8.68. The molecule has 1 nitrogen and oxygen atoms in total. The largest absolute Gasteiger partial charge is 0.399 e. The summed E-state index contributed by atoms with van der Waals surface area (Å²) in [6.07, 6.45) is 16.6. The van der Waals surface area contributed by atoms with E-state index in [1.807, 2.05) is 12.1 Å². The fraction of sp³-hybridized carbons (Fsp3) is 0.684. The molecule has 0 aromatic heterocycles. The van der Waals surface area contributed by atoms with Crippen LogP contribution in [0.25, 0.3) is 0 Å². The summed E-state index contributed by atoms with van der Waals surface area (Å²) < 4.78 is 0. The summed E-state index contributed by atoms with van der Waals surface area (Å²) in [5.74, 6) is 0. The number of hydrogen-bond acceptors (Lipinski definition) is 1. The molecule has 1 aromatic rings. The number of nitrogens with two attached hydrogens (primary N) is 1. The molecule has 0 aliphatic heterocycles. The Morgan fingerprint density at radius 1 is 0.714 bits per heavy atom. The van der Waals surface area contributed by atoms with Crippen molar-refractivity contribution in [2.45, 2.75) is 84.0 Å². The normalized spacial score (nSPS) is 10.3. The first-order valence-electron chi connectivity index (χ1n) is 8.68. The molecule has 0 fully saturated rings. The van der Waals surface area contributed by atoms with Crippen molar-refractivity contribution in [1.29, 1.82) is 0 Å². The van der Waals surface area contributed by atoms with E-state index in [1.165, 1.54) is 76.2 Å². The maximum Gasteiger partial charge on any atom is 0.0346 e. The molecule has 0 atom stereocenters. The third-order valence-electron chi connectivity index (χ3n) is 4.10. The predicted octanol–water partition coefficient (Wildman–Crippen LogP) is 6.54. The molecule has 2 N–H and O–H groups in total. The highest BCUT2D eigenvalue weighted by atomic mass is 35.5. The lowest BCUT2D eigenvalue weighted by atomic mass is 10.0. The van der Waals surface area contributed by atoms with Crippen LogP contribution >= 0.6 is 12.4 Å². The molecule has 0 amide bonds. The average molecular weight is 312 g/mol. The van der Waals surface area contributed by atoms with Crippen molar-refractivity contribution in [2.24, 2.45) is 0 Å². The van der Waals surface area contributed by atoms with Gasteiger partial charge >= 0.3 is 0 Å². The van der Waals surface area contributed by atoms with Gasteiger partial charge in [-0.2, -0.15) is 0 Å². The molecule has 0 heterocycles. The van der Waals surface area contributed by atoms with Crippen molar-refractivity contribution < 1.29 is 0 Å². The zero-order valence-corrected chi connectivity index (χ0v) is 14.6. The van der Waals surface area contributed by atoms with Gasteiger partial charge in [0, 0.05) is 5.69 Å². The zero-order valence-electron chi connectivity index (χ0n) is 13.8. The minimum absolute atomic E-state index is 0. The van der Waals surface area contributed by atoms with Crippen LogP contribution in [0.3, 0.4) is 0 Å². The summed E-state index contributed by atoms with van der Waals surface area (Å²) in [6, 6.07) is 8.27. The molecule has 1 aromatic carbocycles. The predicted molar refractivity (Wildman–Crippen MR) is 98.3 cm³/mol. The minimum Gasteiger partial charge on any atom is -0.399 e. The van der Waals surface area contributed by atoms with E-state index < -0.39 is 0 Å². The first-order chi connectivity index (χ1) is 9.84. The lowest BCUT2D eigenvalue weighted by Gasteiger charge is -2.05. The van der Waals surface area contributed by atoms with Crippen LogP contribution < -0.4 is 5.73 Å². The molecule has 21 heavy (non-hydrogen) atoms. The van der Waals surface area contributed by atoms with Crippen LogP contribution in [0.15, 0.2) is 24.3 Å². The Bertz CT molecular complexity index is 338. The Balaban J connectivity index is 0.00000400. The van der Waals surface area contributed by atoms with Crippen LogP contribution in [-0.2, 0) is 6.42 Å². The van der Waals surface area contributed by atoms with Crippen molar-refractivity contribution in [3.05, 3.63) is 29.8 Å². The van der Waals surface area contributed by atoms with Crippen LogP contribution in [0.2, 0.25) is 0 Å². The summed E-state index contributed by atoms with van der Waals surface area (Å²) in [5, 5.41) is 0. The van der Waals surface area contributed by atoms with Crippen LogP contribution in [-0.4, -0.2) is 0 Å². The zero-order chi connectivity index (χ0) is 14.5. The summed E-state index contributed by atoms with van der Waals surface area (Å²) in [5.41, 5.74) is 8.23. The van der Waals surface area contributed by atoms with Gasteiger partial charge in [-0.25, -0.2) is 0 Å².